The molecule has 29 heavy (non-hydrogen) atoms. The number of halogens is 1. The van der Waals surface area contributed by atoms with Crippen molar-refractivity contribution in [2.45, 2.75) is 18.6 Å². The second-order valence-electron chi connectivity index (χ2n) is 6.75. The van der Waals surface area contributed by atoms with Gasteiger partial charge in [0, 0.05) is 29.1 Å². The summed E-state index contributed by atoms with van der Waals surface area (Å²) in [4.78, 5) is 16.5. The number of nitrogens with one attached hydrogen (secondary N) is 1. The number of ether oxygens (including phenoxy) is 3. The normalized spacial score (nSPS) is 18.6. The molecule has 1 aromatic heterocycles. The third-order valence-corrected chi connectivity index (χ3v) is 5.64. The van der Waals surface area contributed by atoms with Crippen molar-refractivity contribution in [3.63, 3.8) is 0 Å². The molecule has 0 amide bonds. The number of nitrogens with zero attached hydrogens (tertiary/aromatic N) is 2. The minimum absolute atomic E-state index is 0.229. The number of nitriles is 1. The van der Waals surface area contributed by atoms with Gasteiger partial charge in [0.2, 0.25) is 5.88 Å². The van der Waals surface area contributed by atoms with Crippen LogP contribution in [0.25, 0.3) is 21.7 Å². The first kappa shape index (κ1) is 19.4. The molecule has 0 spiro atoms. The summed E-state index contributed by atoms with van der Waals surface area (Å²) in [6.45, 7) is 0.510. The molecule has 3 aromatic rings. The Labute approximate surface area is 175 Å². The number of hydrogen-bond donors (Lipinski definition) is 1. The number of carbonyl (C=O) groups is 1. The number of methoxy groups -OCH3 is 2. The fourth-order valence-electron chi connectivity index (χ4n) is 3.56. The Hall–Kier alpha value is -2.89. The van der Waals surface area contributed by atoms with Crippen LogP contribution in [0.2, 0.25) is 0 Å². The molecule has 0 bridgehead atoms. The van der Waals surface area contributed by atoms with Gasteiger partial charge in [0.25, 0.3) is 0 Å². The molecule has 8 heteroatoms. The smallest absolute Gasteiger partial charge is 0.323 e. The summed E-state index contributed by atoms with van der Waals surface area (Å²) in [5.74, 6) is 0.829. The van der Waals surface area contributed by atoms with E-state index in [9.17, 15) is 10.1 Å². The first-order valence-corrected chi connectivity index (χ1v) is 9.82. The van der Waals surface area contributed by atoms with Crippen molar-refractivity contribution in [2.75, 3.05) is 20.8 Å². The van der Waals surface area contributed by atoms with Crippen LogP contribution in [0.3, 0.4) is 0 Å². The first-order chi connectivity index (χ1) is 14.0. The molecular weight excluding hydrogens is 438 g/mol. The van der Waals surface area contributed by atoms with E-state index in [1.807, 2.05) is 18.2 Å². The Morgan fingerprint density at radius 1 is 1.24 bits per heavy atom. The Balaban J connectivity index is 1.82. The number of hydrogen-bond acceptors (Lipinski definition) is 7. The van der Waals surface area contributed by atoms with Crippen LogP contribution in [0.4, 0.5) is 0 Å². The molecule has 2 aromatic carbocycles. The fourth-order valence-corrected chi connectivity index (χ4v) is 4.07. The molecule has 4 rings (SSSR count). The van der Waals surface area contributed by atoms with E-state index in [1.165, 1.54) is 7.11 Å². The number of benzene rings is 2. The minimum atomic E-state index is -0.395. The zero-order valence-electron chi connectivity index (χ0n) is 15.9. The molecule has 0 aliphatic carbocycles. The summed E-state index contributed by atoms with van der Waals surface area (Å²) in [5, 5.41) is 15.0. The zero-order valence-corrected chi connectivity index (χ0v) is 17.4. The van der Waals surface area contributed by atoms with Gasteiger partial charge in [-0.05, 0) is 40.2 Å². The van der Waals surface area contributed by atoms with Crippen LogP contribution in [0.5, 0.6) is 11.6 Å². The fraction of sp³-hybridized carbons (Fsp3) is 0.286. The maximum absolute atomic E-state index is 11.8. The maximum Gasteiger partial charge on any atom is 0.323 e. The van der Waals surface area contributed by atoms with Crippen molar-refractivity contribution in [3.8, 4) is 17.7 Å². The highest BCUT2D eigenvalue weighted by atomic mass is 79.9. The molecule has 2 atom stereocenters. The van der Waals surface area contributed by atoms with Crippen LogP contribution in [-0.2, 0) is 9.53 Å². The van der Waals surface area contributed by atoms with Crippen molar-refractivity contribution in [2.24, 2.45) is 0 Å². The van der Waals surface area contributed by atoms with Crippen LogP contribution in [0, 0.1) is 11.3 Å². The molecule has 1 saturated heterocycles. The van der Waals surface area contributed by atoms with Gasteiger partial charge < -0.3 is 19.5 Å². The van der Waals surface area contributed by atoms with Crippen molar-refractivity contribution in [1.82, 2.24) is 10.3 Å². The number of carbonyl (C=O) groups excluding carboxylic acids is 1. The SMILES string of the molecule is COC(=O)[C@@H]1C[C@@H](Oc2nc3cc(C#N)ccc3c3cc(OC)c(Br)cc23)CN1. The summed E-state index contributed by atoms with van der Waals surface area (Å²) >= 11 is 3.52. The van der Waals surface area contributed by atoms with E-state index >= 15 is 0 Å². The van der Waals surface area contributed by atoms with E-state index in [0.717, 1.165) is 20.6 Å². The van der Waals surface area contributed by atoms with E-state index < -0.39 is 6.04 Å². The molecule has 1 aliphatic heterocycles. The Kier molecular flexibility index (Phi) is 5.26. The van der Waals surface area contributed by atoms with Gasteiger partial charge in [-0.15, -0.1) is 0 Å². The van der Waals surface area contributed by atoms with Crippen molar-refractivity contribution < 1.29 is 19.0 Å². The lowest BCUT2D eigenvalue weighted by atomic mass is 10.0. The van der Waals surface area contributed by atoms with E-state index in [4.69, 9.17) is 14.2 Å². The van der Waals surface area contributed by atoms with Gasteiger partial charge in [0.15, 0.2) is 0 Å². The van der Waals surface area contributed by atoms with Crippen LogP contribution < -0.4 is 14.8 Å². The van der Waals surface area contributed by atoms with Crippen LogP contribution in [0.15, 0.2) is 34.8 Å². The molecule has 1 aliphatic rings. The zero-order chi connectivity index (χ0) is 20.5. The van der Waals surface area contributed by atoms with E-state index in [-0.39, 0.29) is 12.1 Å². The molecule has 148 valence electrons. The standard InChI is InChI=1S/C21H18BrN3O4/c1-27-19-8-14-13-4-3-11(9-23)5-17(13)25-20(15(14)7-16(19)22)29-12-6-18(24-10-12)21(26)28-2/h3-5,7-8,12,18,24H,6,10H2,1-2H3/t12-,18+/m1/s1. The Morgan fingerprint density at radius 3 is 2.79 bits per heavy atom. The van der Waals surface area contributed by atoms with Crippen molar-refractivity contribution >= 4 is 43.6 Å². The van der Waals surface area contributed by atoms with E-state index in [2.05, 4.69) is 32.3 Å². The number of aromatic nitrogens is 1. The van der Waals surface area contributed by atoms with E-state index in [0.29, 0.717) is 35.7 Å². The van der Waals surface area contributed by atoms with Gasteiger partial charge in [0.05, 0.1) is 35.8 Å². The van der Waals surface area contributed by atoms with Crippen molar-refractivity contribution in [1.29, 1.82) is 5.26 Å². The van der Waals surface area contributed by atoms with Gasteiger partial charge >= 0.3 is 5.97 Å². The Morgan fingerprint density at radius 2 is 2.07 bits per heavy atom. The summed E-state index contributed by atoms with van der Waals surface area (Å²) in [5.41, 5.74) is 1.18. The van der Waals surface area contributed by atoms with Gasteiger partial charge in [-0.3, -0.25) is 4.79 Å². The second kappa shape index (κ2) is 7.85. The van der Waals surface area contributed by atoms with Gasteiger partial charge in [-0.1, -0.05) is 6.07 Å². The largest absolute Gasteiger partial charge is 0.496 e. The topological polar surface area (TPSA) is 93.5 Å². The first-order valence-electron chi connectivity index (χ1n) is 9.03. The number of fused-ring (bicyclic) bond motifs is 3. The maximum atomic E-state index is 11.8. The Bertz CT molecular complexity index is 1160. The molecule has 0 saturated carbocycles. The molecule has 1 fully saturated rings. The molecule has 1 N–H and O–H groups in total. The summed E-state index contributed by atoms with van der Waals surface area (Å²) in [6, 6.07) is 11.0. The highest BCUT2D eigenvalue weighted by molar-refractivity contribution is 9.10. The summed E-state index contributed by atoms with van der Waals surface area (Å²) in [6.07, 6.45) is 0.260. The lowest BCUT2D eigenvalue weighted by Gasteiger charge is -2.16. The van der Waals surface area contributed by atoms with Crippen LogP contribution in [-0.4, -0.2) is 43.9 Å². The molecule has 2 heterocycles. The second-order valence-corrected chi connectivity index (χ2v) is 7.61. The minimum Gasteiger partial charge on any atom is -0.496 e. The lowest BCUT2D eigenvalue weighted by Crippen LogP contribution is -2.31. The summed E-state index contributed by atoms with van der Waals surface area (Å²) in [7, 11) is 2.98. The highest BCUT2D eigenvalue weighted by Crippen LogP contribution is 2.38. The number of rotatable bonds is 4. The number of pyridine rings is 1. The average Bonchev–Trinajstić information content (AvgIpc) is 3.21. The monoisotopic (exact) mass is 455 g/mol. The van der Waals surface area contributed by atoms with Gasteiger partial charge in [-0.2, -0.15) is 5.26 Å². The lowest BCUT2D eigenvalue weighted by molar-refractivity contribution is -0.142. The molecule has 0 radical (unpaired) electrons. The predicted octanol–water partition coefficient (Wildman–Crippen LogP) is 3.31. The molecular formula is C21H18BrN3O4. The van der Waals surface area contributed by atoms with Crippen molar-refractivity contribution in [3.05, 3.63) is 40.4 Å². The summed E-state index contributed by atoms with van der Waals surface area (Å²) < 4.78 is 17.2. The predicted molar refractivity (Wildman–Crippen MR) is 111 cm³/mol. The van der Waals surface area contributed by atoms with Crippen LogP contribution >= 0.6 is 15.9 Å². The van der Waals surface area contributed by atoms with E-state index in [1.54, 1.807) is 19.2 Å². The van der Waals surface area contributed by atoms with Gasteiger partial charge in [-0.25, -0.2) is 4.98 Å². The number of esters is 1. The van der Waals surface area contributed by atoms with Crippen LogP contribution in [0.1, 0.15) is 12.0 Å². The highest BCUT2D eigenvalue weighted by Gasteiger charge is 2.32. The molecule has 0 unspecified atom stereocenters. The quantitative estimate of drug-likeness (QED) is 0.476. The molecule has 7 nitrogen and oxygen atoms in total. The third-order valence-electron chi connectivity index (χ3n) is 5.02. The third kappa shape index (κ3) is 3.59. The van der Waals surface area contributed by atoms with Gasteiger partial charge in [0.1, 0.15) is 17.9 Å². The average molecular weight is 456 g/mol.